The molecule has 0 heterocycles. The summed E-state index contributed by atoms with van der Waals surface area (Å²) in [6.07, 6.45) is 0. The number of nitrogen functional groups attached to an aromatic ring is 1. The predicted molar refractivity (Wildman–Crippen MR) is 63.1 cm³/mol. The van der Waals surface area contributed by atoms with Gasteiger partial charge in [-0.15, -0.1) is 0 Å². The SMILES string of the molecule is CC(=O)Oc1cc(N(C)C)ccc1C(=N)N. The molecule has 1 rings (SSSR count). The normalized spacial score (nSPS) is 9.69. The molecule has 0 radical (unpaired) electrons. The van der Waals surface area contributed by atoms with Crippen LogP contribution in [0.5, 0.6) is 5.75 Å². The Kier molecular flexibility index (Phi) is 3.50. The van der Waals surface area contributed by atoms with Crippen molar-refractivity contribution in [3.05, 3.63) is 23.8 Å². The standard InChI is InChI=1S/C11H15N3O2/c1-7(15)16-10-6-8(14(2)3)4-5-9(10)11(12)13/h4-6H,1-3H3,(H3,12,13). The summed E-state index contributed by atoms with van der Waals surface area (Å²) in [6, 6.07) is 5.15. The molecule has 0 aliphatic carbocycles. The molecule has 0 spiro atoms. The van der Waals surface area contributed by atoms with Gasteiger partial charge in [0.15, 0.2) is 0 Å². The summed E-state index contributed by atoms with van der Waals surface area (Å²) in [4.78, 5) is 12.8. The quantitative estimate of drug-likeness (QED) is 0.345. The maximum Gasteiger partial charge on any atom is 0.308 e. The first-order valence-electron chi connectivity index (χ1n) is 4.76. The van der Waals surface area contributed by atoms with Crippen molar-refractivity contribution in [3.63, 3.8) is 0 Å². The van der Waals surface area contributed by atoms with Gasteiger partial charge in [0, 0.05) is 32.8 Å². The number of hydrogen-bond acceptors (Lipinski definition) is 4. The van der Waals surface area contributed by atoms with Gasteiger partial charge in [0.25, 0.3) is 0 Å². The molecule has 0 saturated heterocycles. The van der Waals surface area contributed by atoms with Gasteiger partial charge in [-0.1, -0.05) is 0 Å². The summed E-state index contributed by atoms with van der Waals surface area (Å²) in [5, 5.41) is 7.37. The van der Waals surface area contributed by atoms with Crippen LogP contribution in [0.1, 0.15) is 12.5 Å². The largest absolute Gasteiger partial charge is 0.426 e. The average molecular weight is 221 g/mol. The molecule has 0 bridgehead atoms. The minimum atomic E-state index is -0.432. The average Bonchev–Trinajstić information content (AvgIpc) is 2.15. The molecule has 0 aliphatic rings. The van der Waals surface area contributed by atoms with E-state index in [-0.39, 0.29) is 5.84 Å². The van der Waals surface area contributed by atoms with Crippen LogP contribution in [0.2, 0.25) is 0 Å². The number of carbonyl (C=O) groups excluding carboxylic acids is 1. The van der Waals surface area contributed by atoms with Crippen molar-refractivity contribution >= 4 is 17.5 Å². The van der Waals surface area contributed by atoms with Crippen LogP contribution in [0.25, 0.3) is 0 Å². The number of anilines is 1. The highest BCUT2D eigenvalue weighted by Crippen LogP contribution is 2.24. The van der Waals surface area contributed by atoms with Crippen molar-refractivity contribution in [1.82, 2.24) is 0 Å². The summed E-state index contributed by atoms with van der Waals surface area (Å²) in [5.74, 6) is -0.244. The van der Waals surface area contributed by atoms with E-state index >= 15 is 0 Å². The van der Waals surface area contributed by atoms with Gasteiger partial charge >= 0.3 is 5.97 Å². The van der Waals surface area contributed by atoms with Crippen molar-refractivity contribution < 1.29 is 9.53 Å². The Morgan fingerprint density at radius 3 is 2.50 bits per heavy atom. The fraction of sp³-hybridized carbons (Fsp3) is 0.273. The lowest BCUT2D eigenvalue weighted by Gasteiger charge is -2.15. The molecule has 0 fully saturated rings. The van der Waals surface area contributed by atoms with E-state index in [2.05, 4.69) is 0 Å². The highest BCUT2D eigenvalue weighted by molar-refractivity contribution is 5.98. The fourth-order valence-electron chi connectivity index (χ4n) is 1.25. The van der Waals surface area contributed by atoms with E-state index in [0.29, 0.717) is 11.3 Å². The Hall–Kier alpha value is -2.04. The third kappa shape index (κ3) is 2.73. The molecule has 16 heavy (non-hydrogen) atoms. The molecule has 0 amide bonds. The highest BCUT2D eigenvalue weighted by atomic mass is 16.5. The maximum atomic E-state index is 10.9. The Bertz CT molecular complexity index is 427. The number of rotatable bonds is 3. The minimum absolute atomic E-state index is 0.124. The van der Waals surface area contributed by atoms with Crippen molar-refractivity contribution in [2.24, 2.45) is 5.73 Å². The molecule has 5 nitrogen and oxygen atoms in total. The monoisotopic (exact) mass is 221 g/mol. The summed E-state index contributed by atoms with van der Waals surface area (Å²) < 4.78 is 5.01. The second-order valence-electron chi connectivity index (χ2n) is 3.58. The molecular weight excluding hydrogens is 206 g/mol. The van der Waals surface area contributed by atoms with Crippen LogP contribution < -0.4 is 15.4 Å². The van der Waals surface area contributed by atoms with Crippen LogP contribution >= 0.6 is 0 Å². The Labute approximate surface area is 94.3 Å². The second kappa shape index (κ2) is 4.65. The number of benzene rings is 1. The fourth-order valence-corrected chi connectivity index (χ4v) is 1.25. The molecular formula is C11H15N3O2. The van der Waals surface area contributed by atoms with E-state index in [0.717, 1.165) is 5.69 Å². The van der Waals surface area contributed by atoms with E-state index in [1.807, 2.05) is 25.1 Å². The number of esters is 1. The van der Waals surface area contributed by atoms with Crippen molar-refractivity contribution in [2.45, 2.75) is 6.92 Å². The van der Waals surface area contributed by atoms with Crippen LogP contribution in [0.4, 0.5) is 5.69 Å². The maximum absolute atomic E-state index is 10.9. The molecule has 1 aromatic rings. The lowest BCUT2D eigenvalue weighted by molar-refractivity contribution is -0.131. The third-order valence-corrected chi connectivity index (χ3v) is 2.03. The predicted octanol–water partition coefficient (Wildman–Crippen LogP) is 0.962. The Morgan fingerprint density at radius 2 is 2.06 bits per heavy atom. The van der Waals surface area contributed by atoms with Gasteiger partial charge in [-0.25, -0.2) is 0 Å². The van der Waals surface area contributed by atoms with E-state index in [4.69, 9.17) is 15.9 Å². The molecule has 1 aromatic carbocycles. The Morgan fingerprint density at radius 1 is 1.44 bits per heavy atom. The van der Waals surface area contributed by atoms with Crippen molar-refractivity contribution in [1.29, 1.82) is 5.41 Å². The molecule has 0 atom stereocenters. The highest BCUT2D eigenvalue weighted by Gasteiger charge is 2.10. The summed E-state index contributed by atoms with van der Waals surface area (Å²) in [6.45, 7) is 1.31. The first-order valence-corrected chi connectivity index (χ1v) is 4.76. The third-order valence-electron chi connectivity index (χ3n) is 2.03. The van der Waals surface area contributed by atoms with Crippen molar-refractivity contribution in [3.8, 4) is 5.75 Å². The van der Waals surface area contributed by atoms with E-state index in [1.165, 1.54) is 6.92 Å². The lowest BCUT2D eigenvalue weighted by atomic mass is 10.1. The molecule has 0 saturated carbocycles. The lowest BCUT2D eigenvalue weighted by Crippen LogP contribution is -2.16. The van der Waals surface area contributed by atoms with Crippen LogP contribution in [-0.4, -0.2) is 25.9 Å². The van der Waals surface area contributed by atoms with Crippen LogP contribution in [-0.2, 0) is 4.79 Å². The van der Waals surface area contributed by atoms with Gasteiger partial charge in [-0.2, -0.15) is 0 Å². The second-order valence-corrected chi connectivity index (χ2v) is 3.58. The number of ether oxygens (including phenoxy) is 1. The summed E-state index contributed by atoms with van der Waals surface area (Å²) >= 11 is 0. The van der Waals surface area contributed by atoms with E-state index in [1.54, 1.807) is 12.1 Å². The number of nitrogens with zero attached hydrogens (tertiary/aromatic N) is 1. The topological polar surface area (TPSA) is 79.4 Å². The van der Waals surface area contributed by atoms with Crippen LogP contribution in [0, 0.1) is 5.41 Å². The van der Waals surface area contributed by atoms with Crippen molar-refractivity contribution in [2.75, 3.05) is 19.0 Å². The zero-order valence-electron chi connectivity index (χ0n) is 9.57. The van der Waals surface area contributed by atoms with Crippen LogP contribution in [0.3, 0.4) is 0 Å². The summed E-state index contributed by atoms with van der Waals surface area (Å²) in [7, 11) is 3.75. The molecule has 0 aliphatic heterocycles. The minimum Gasteiger partial charge on any atom is -0.426 e. The molecule has 5 heteroatoms. The number of hydrogen-bond donors (Lipinski definition) is 2. The van der Waals surface area contributed by atoms with E-state index < -0.39 is 5.97 Å². The van der Waals surface area contributed by atoms with Gasteiger partial charge in [0.1, 0.15) is 11.6 Å². The van der Waals surface area contributed by atoms with Gasteiger partial charge in [0.2, 0.25) is 0 Å². The Balaban J connectivity index is 3.20. The number of nitrogens with two attached hydrogens (primary N) is 1. The first-order chi connectivity index (χ1) is 7.41. The van der Waals surface area contributed by atoms with Gasteiger partial charge < -0.3 is 15.4 Å². The first kappa shape index (κ1) is 12.0. The van der Waals surface area contributed by atoms with Crippen LogP contribution in [0.15, 0.2) is 18.2 Å². The van der Waals surface area contributed by atoms with E-state index in [9.17, 15) is 4.79 Å². The summed E-state index contributed by atoms with van der Waals surface area (Å²) in [5.41, 5.74) is 6.69. The van der Waals surface area contributed by atoms with Gasteiger partial charge in [0.05, 0.1) is 5.56 Å². The molecule has 86 valence electrons. The number of amidine groups is 1. The number of nitrogens with one attached hydrogen (secondary N) is 1. The molecule has 0 aromatic heterocycles. The number of carbonyl (C=O) groups is 1. The molecule has 3 N–H and O–H groups in total. The zero-order chi connectivity index (χ0) is 12.3. The zero-order valence-corrected chi connectivity index (χ0v) is 9.57. The molecule has 0 unspecified atom stereocenters. The van der Waals surface area contributed by atoms with Gasteiger partial charge in [-0.3, -0.25) is 10.2 Å². The smallest absolute Gasteiger partial charge is 0.308 e. The van der Waals surface area contributed by atoms with Gasteiger partial charge in [-0.05, 0) is 12.1 Å².